The normalized spacial score (nSPS) is 10.8. The molecule has 0 radical (unpaired) electrons. The van der Waals surface area contributed by atoms with Crippen molar-refractivity contribution in [2.45, 2.75) is 0 Å². The van der Waals surface area contributed by atoms with Crippen LogP contribution in [0, 0.1) is 5.82 Å². The molecule has 106 valence electrons. The molecule has 0 saturated carbocycles. The van der Waals surface area contributed by atoms with Gasteiger partial charge in [-0.25, -0.2) is 14.2 Å². The Kier molecular flexibility index (Phi) is 3.48. The van der Waals surface area contributed by atoms with Crippen molar-refractivity contribution in [2.75, 3.05) is 0 Å². The van der Waals surface area contributed by atoms with Gasteiger partial charge in [0, 0.05) is 17.0 Å². The van der Waals surface area contributed by atoms with Gasteiger partial charge in [0.1, 0.15) is 22.8 Å². The van der Waals surface area contributed by atoms with E-state index in [-0.39, 0.29) is 10.6 Å². The molecular weight excluding hydrogens is 317 g/mol. The average Bonchev–Trinajstić information content (AvgIpc) is 3.09. The SMILES string of the molecule is O=C(O)c1coc(-c2csc(-c3ccc(F)c(Cl)c3)n2)c1. The van der Waals surface area contributed by atoms with E-state index in [4.69, 9.17) is 21.1 Å². The van der Waals surface area contributed by atoms with Crippen molar-refractivity contribution in [1.82, 2.24) is 4.98 Å². The molecule has 2 aromatic heterocycles. The number of rotatable bonds is 3. The fraction of sp³-hybridized carbons (Fsp3) is 0. The Morgan fingerprint density at radius 2 is 2.19 bits per heavy atom. The molecule has 0 saturated heterocycles. The fourth-order valence-electron chi connectivity index (χ4n) is 1.73. The smallest absolute Gasteiger partial charge is 0.338 e. The summed E-state index contributed by atoms with van der Waals surface area (Å²) in [5.74, 6) is -1.19. The number of hydrogen-bond acceptors (Lipinski definition) is 4. The Balaban J connectivity index is 1.95. The molecule has 1 aromatic carbocycles. The van der Waals surface area contributed by atoms with E-state index in [0.717, 1.165) is 6.26 Å². The number of halogens is 2. The molecule has 0 amide bonds. The number of hydrogen-bond donors (Lipinski definition) is 1. The van der Waals surface area contributed by atoms with Gasteiger partial charge in [0.25, 0.3) is 0 Å². The van der Waals surface area contributed by atoms with E-state index >= 15 is 0 Å². The zero-order valence-corrected chi connectivity index (χ0v) is 11.9. The lowest BCUT2D eigenvalue weighted by Crippen LogP contribution is -1.91. The minimum Gasteiger partial charge on any atom is -0.478 e. The van der Waals surface area contributed by atoms with Gasteiger partial charge in [-0.15, -0.1) is 11.3 Å². The monoisotopic (exact) mass is 323 g/mol. The Hall–Kier alpha value is -2.18. The molecule has 0 spiro atoms. The molecular formula is C14H7ClFNO3S. The van der Waals surface area contributed by atoms with E-state index in [1.807, 2.05) is 0 Å². The number of carboxylic acid groups (broad SMARTS) is 1. The molecule has 3 aromatic rings. The van der Waals surface area contributed by atoms with Crippen LogP contribution in [0.4, 0.5) is 4.39 Å². The first kappa shape index (κ1) is 13.8. The first-order valence-electron chi connectivity index (χ1n) is 5.78. The molecule has 0 atom stereocenters. The lowest BCUT2D eigenvalue weighted by molar-refractivity contribution is 0.0696. The number of carboxylic acids is 1. The topological polar surface area (TPSA) is 63.3 Å². The van der Waals surface area contributed by atoms with Crippen molar-refractivity contribution >= 4 is 28.9 Å². The van der Waals surface area contributed by atoms with Crippen LogP contribution in [-0.4, -0.2) is 16.1 Å². The van der Waals surface area contributed by atoms with E-state index in [1.165, 1.54) is 29.5 Å². The van der Waals surface area contributed by atoms with Gasteiger partial charge in [-0.2, -0.15) is 0 Å². The quantitative estimate of drug-likeness (QED) is 0.767. The molecule has 4 nitrogen and oxygen atoms in total. The number of carbonyl (C=O) groups is 1. The Bertz CT molecular complexity index is 827. The van der Waals surface area contributed by atoms with Crippen LogP contribution in [0.15, 0.2) is 40.3 Å². The summed E-state index contributed by atoms with van der Waals surface area (Å²) in [5.41, 5.74) is 1.26. The van der Waals surface area contributed by atoms with Gasteiger partial charge in [-0.3, -0.25) is 0 Å². The van der Waals surface area contributed by atoms with Crippen LogP contribution in [0.1, 0.15) is 10.4 Å². The van der Waals surface area contributed by atoms with Crippen molar-refractivity contribution in [3.63, 3.8) is 0 Å². The van der Waals surface area contributed by atoms with Crippen LogP contribution >= 0.6 is 22.9 Å². The summed E-state index contributed by atoms with van der Waals surface area (Å²) >= 11 is 7.07. The van der Waals surface area contributed by atoms with Gasteiger partial charge >= 0.3 is 5.97 Å². The summed E-state index contributed by atoms with van der Waals surface area (Å²) in [4.78, 5) is 15.2. The van der Waals surface area contributed by atoms with Gasteiger partial charge < -0.3 is 9.52 Å². The zero-order chi connectivity index (χ0) is 15.0. The number of benzene rings is 1. The fourth-order valence-corrected chi connectivity index (χ4v) is 2.72. The predicted molar refractivity (Wildman–Crippen MR) is 77.2 cm³/mol. The molecule has 0 unspecified atom stereocenters. The second-order valence-corrected chi connectivity index (χ2v) is 5.44. The number of aromatic nitrogens is 1. The second kappa shape index (κ2) is 5.31. The predicted octanol–water partition coefficient (Wildman–Crippen LogP) is 4.56. The van der Waals surface area contributed by atoms with Crippen molar-refractivity contribution in [3.05, 3.63) is 52.3 Å². The van der Waals surface area contributed by atoms with Crippen molar-refractivity contribution in [3.8, 4) is 22.0 Å². The average molecular weight is 324 g/mol. The minimum atomic E-state index is -1.06. The maximum Gasteiger partial charge on any atom is 0.338 e. The Labute approximate surface area is 127 Å². The third-order valence-electron chi connectivity index (χ3n) is 2.77. The third-order valence-corrected chi connectivity index (χ3v) is 3.95. The zero-order valence-electron chi connectivity index (χ0n) is 10.3. The van der Waals surface area contributed by atoms with Crippen molar-refractivity contribution in [2.24, 2.45) is 0 Å². The maximum absolute atomic E-state index is 13.1. The largest absolute Gasteiger partial charge is 0.478 e. The first-order chi connectivity index (χ1) is 10.0. The third kappa shape index (κ3) is 2.68. The highest BCUT2D eigenvalue weighted by atomic mass is 35.5. The van der Waals surface area contributed by atoms with Gasteiger partial charge in [-0.1, -0.05) is 11.6 Å². The molecule has 21 heavy (non-hydrogen) atoms. The first-order valence-corrected chi connectivity index (χ1v) is 7.03. The molecule has 0 aliphatic carbocycles. The summed E-state index contributed by atoms with van der Waals surface area (Å²) in [7, 11) is 0. The number of nitrogens with zero attached hydrogens (tertiary/aromatic N) is 1. The summed E-state index contributed by atoms with van der Waals surface area (Å²) in [6.07, 6.45) is 1.16. The Morgan fingerprint density at radius 1 is 1.38 bits per heavy atom. The van der Waals surface area contributed by atoms with Crippen LogP contribution in [-0.2, 0) is 0 Å². The maximum atomic E-state index is 13.1. The summed E-state index contributed by atoms with van der Waals surface area (Å²) in [6, 6.07) is 5.74. The Morgan fingerprint density at radius 3 is 2.86 bits per heavy atom. The van der Waals surface area contributed by atoms with Crippen molar-refractivity contribution in [1.29, 1.82) is 0 Å². The lowest BCUT2D eigenvalue weighted by atomic mass is 10.2. The molecule has 0 bridgehead atoms. The highest BCUT2D eigenvalue weighted by molar-refractivity contribution is 7.13. The lowest BCUT2D eigenvalue weighted by Gasteiger charge is -1.98. The van der Waals surface area contributed by atoms with Gasteiger partial charge in [0.2, 0.25) is 0 Å². The van der Waals surface area contributed by atoms with E-state index in [1.54, 1.807) is 11.4 Å². The van der Waals surface area contributed by atoms with Crippen LogP contribution in [0.5, 0.6) is 0 Å². The van der Waals surface area contributed by atoms with Crippen LogP contribution in [0.3, 0.4) is 0 Å². The van der Waals surface area contributed by atoms with E-state index < -0.39 is 11.8 Å². The number of thiazole rings is 1. The standard InChI is InChI=1S/C14H7ClFNO3S/c15-9-3-7(1-2-10(9)16)13-17-11(6-21-13)12-4-8(5-20-12)14(18)19/h1-6H,(H,18,19). The van der Waals surface area contributed by atoms with Gasteiger partial charge in [0.15, 0.2) is 5.76 Å². The second-order valence-electron chi connectivity index (χ2n) is 4.17. The van der Waals surface area contributed by atoms with Crippen LogP contribution in [0.2, 0.25) is 5.02 Å². The van der Waals surface area contributed by atoms with Crippen LogP contribution in [0.25, 0.3) is 22.0 Å². The van der Waals surface area contributed by atoms with Crippen molar-refractivity contribution < 1.29 is 18.7 Å². The summed E-state index contributed by atoms with van der Waals surface area (Å²) in [6.45, 7) is 0. The van der Waals surface area contributed by atoms with Crippen LogP contribution < -0.4 is 0 Å². The molecule has 1 N–H and O–H groups in total. The molecule has 2 heterocycles. The van der Waals surface area contributed by atoms with Gasteiger partial charge in [-0.05, 0) is 18.2 Å². The minimum absolute atomic E-state index is 0.0235. The highest BCUT2D eigenvalue weighted by Crippen LogP contribution is 2.31. The molecule has 0 aliphatic rings. The molecule has 0 fully saturated rings. The summed E-state index contributed by atoms with van der Waals surface area (Å²) < 4.78 is 18.3. The van der Waals surface area contributed by atoms with E-state index in [9.17, 15) is 9.18 Å². The highest BCUT2D eigenvalue weighted by Gasteiger charge is 2.14. The molecule has 3 rings (SSSR count). The summed E-state index contributed by atoms with van der Waals surface area (Å²) in [5, 5.41) is 11.3. The van der Waals surface area contributed by atoms with E-state index in [0.29, 0.717) is 22.0 Å². The molecule has 7 heteroatoms. The molecule has 0 aliphatic heterocycles. The number of furan rings is 1. The number of aromatic carboxylic acids is 1. The van der Waals surface area contributed by atoms with Gasteiger partial charge in [0.05, 0.1) is 10.6 Å². The van der Waals surface area contributed by atoms with E-state index in [2.05, 4.69) is 4.98 Å².